The Morgan fingerprint density at radius 1 is 1.40 bits per heavy atom. The van der Waals surface area contributed by atoms with Crippen LogP contribution < -0.4 is 14.4 Å². The van der Waals surface area contributed by atoms with E-state index in [1.54, 1.807) is 6.92 Å². The second kappa shape index (κ2) is 10.5. The van der Waals surface area contributed by atoms with Crippen LogP contribution in [0.3, 0.4) is 0 Å². The van der Waals surface area contributed by atoms with Crippen molar-refractivity contribution in [3.63, 3.8) is 0 Å². The summed E-state index contributed by atoms with van der Waals surface area (Å²) in [4.78, 5) is 25.6. The molecule has 0 aromatic heterocycles. The van der Waals surface area contributed by atoms with Crippen molar-refractivity contribution in [2.24, 2.45) is 0 Å². The fraction of sp³-hybridized carbons (Fsp3) is 0.611. The Balaban J connectivity index is 2.27. The van der Waals surface area contributed by atoms with E-state index >= 15 is 0 Å². The first-order valence-electron chi connectivity index (χ1n) is 9.58. The number of nitrogens with zero attached hydrogens (tertiary/aromatic N) is 3. The first-order valence-corrected chi connectivity index (χ1v) is 11.4. The molecule has 1 amide bonds. The predicted octanol–water partition coefficient (Wildman–Crippen LogP) is 0.596. The molecule has 1 aromatic rings. The van der Waals surface area contributed by atoms with Crippen LogP contribution in [0.1, 0.15) is 13.3 Å². The first-order chi connectivity index (χ1) is 14.2. The lowest BCUT2D eigenvalue weighted by Gasteiger charge is -2.31. The molecule has 2 rings (SSSR count). The molecule has 1 heterocycles. The van der Waals surface area contributed by atoms with Crippen LogP contribution >= 0.6 is 0 Å². The van der Waals surface area contributed by atoms with E-state index < -0.39 is 26.9 Å². The molecule has 1 fully saturated rings. The molecule has 11 nitrogen and oxygen atoms in total. The predicted molar refractivity (Wildman–Crippen MR) is 111 cm³/mol. The molecule has 0 radical (unpaired) electrons. The third-order valence-electron chi connectivity index (χ3n) is 4.77. The molecule has 1 saturated heterocycles. The molecule has 168 valence electrons. The molecule has 1 aliphatic rings. The zero-order chi connectivity index (χ0) is 22.3. The molecule has 12 heteroatoms. The summed E-state index contributed by atoms with van der Waals surface area (Å²) in [6.07, 6.45) is 1.12. The number of amides is 1. The maximum absolute atomic E-state index is 12.9. The normalized spacial score (nSPS) is 16.0. The summed E-state index contributed by atoms with van der Waals surface area (Å²) < 4.78 is 36.6. The van der Waals surface area contributed by atoms with E-state index in [1.807, 2.05) is 0 Å². The molecule has 0 spiro atoms. The summed E-state index contributed by atoms with van der Waals surface area (Å²) in [7, 11) is -2.62. The number of morpholine rings is 1. The number of nitrogens with one attached hydrogen (secondary N) is 1. The van der Waals surface area contributed by atoms with E-state index in [9.17, 15) is 23.3 Å². The van der Waals surface area contributed by atoms with Crippen LogP contribution in [0.2, 0.25) is 0 Å². The van der Waals surface area contributed by atoms with Gasteiger partial charge in [-0.1, -0.05) is 6.92 Å². The zero-order valence-corrected chi connectivity index (χ0v) is 18.2. The van der Waals surface area contributed by atoms with Crippen LogP contribution in [0.5, 0.6) is 5.75 Å². The lowest BCUT2D eigenvalue weighted by Crippen LogP contribution is -2.51. The number of hydrogen-bond donors (Lipinski definition) is 1. The fourth-order valence-corrected chi connectivity index (χ4v) is 4.49. The lowest BCUT2D eigenvalue weighted by molar-refractivity contribution is -0.384. The van der Waals surface area contributed by atoms with Gasteiger partial charge in [0.05, 0.1) is 31.5 Å². The van der Waals surface area contributed by atoms with Crippen molar-refractivity contribution in [2.45, 2.75) is 19.4 Å². The Bertz CT molecular complexity index is 856. The van der Waals surface area contributed by atoms with Gasteiger partial charge in [-0.2, -0.15) is 0 Å². The van der Waals surface area contributed by atoms with E-state index in [0.29, 0.717) is 26.3 Å². The molecular formula is C18H28N4O7S. The van der Waals surface area contributed by atoms with Crippen molar-refractivity contribution < 1.29 is 27.6 Å². The van der Waals surface area contributed by atoms with Crippen LogP contribution in [0.15, 0.2) is 18.2 Å². The number of nitro benzene ring substituents is 1. The van der Waals surface area contributed by atoms with E-state index in [0.717, 1.165) is 29.7 Å². The van der Waals surface area contributed by atoms with Crippen molar-refractivity contribution in [3.8, 4) is 5.75 Å². The highest BCUT2D eigenvalue weighted by atomic mass is 32.2. The number of anilines is 1. The minimum absolute atomic E-state index is 0.0515. The van der Waals surface area contributed by atoms with Crippen LogP contribution in [-0.2, 0) is 19.6 Å². The molecule has 1 aliphatic heterocycles. The second-order valence-electron chi connectivity index (χ2n) is 6.84. The molecule has 1 N–H and O–H groups in total. The second-order valence-corrected chi connectivity index (χ2v) is 8.70. The minimum atomic E-state index is -3.95. The number of rotatable bonds is 10. The molecule has 1 atom stereocenters. The van der Waals surface area contributed by atoms with Crippen molar-refractivity contribution in [2.75, 3.05) is 57.1 Å². The van der Waals surface area contributed by atoms with Gasteiger partial charge in [-0.3, -0.25) is 24.1 Å². The summed E-state index contributed by atoms with van der Waals surface area (Å²) in [5, 5.41) is 14.0. The molecule has 0 bridgehead atoms. The molecular weight excluding hydrogens is 416 g/mol. The van der Waals surface area contributed by atoms with Crippen LogP contribution in [0.25, 0.3) is 0 Å². The van der Waals surface area contributed by atoms with Gasteiger partial charge in [-0.25, -0.2) is 8.42 Å². The van der Waals surface area contributed by atoms with Gasteiger partial charge >= 0.3 is 0 Å². The number of hydrogen-bond acceptors (Lipinski definition) is 8. The van der Waals surface area contributed by atoms with E-state index in [2.05, 4.69) is 10.2 Å². The lowest BCUT2D eigenvalue weighted by atomic mass is 10.1. The number of nitro groups is 1. The first kappa shape index (κ1) is 23.8. The number of sulfonamides is 1. The number of carbonyl (C=O) groups is 1. The summed E-state index contributed by atoms with van der Waals surface area (Å²) in [6.45, 7) is 5.46. The topological polar surface area (TPSA) is 131 Å². The summed E-state index contributed by atoms with van der Waals surface area (Å²) in [6, 6.07) is 2.55. The number of ether oxygens (including phenoxy) is 2. The molecule has 1 aromatic carbocycles. The molecule has 0 saturated carbocycles. The van der Waals surface area contributed by atoms with Crippen molar-refractivity contribution >= 4 is 27.3 Å². The summed E-state index contributed by atoms with van der Waals surface area (Å²) in [5.41, 5.74) is -0.355. The highest BCUT2D eigenvalue weighted by Gasteiger charge is 2.34. The maximum Gasteiger partial charge on any atom is 0.271 e. The Kier molecular flexibility index (Phi) is 8.38. The Labute approximate surface area is 176 Å². The SMILES string of the molecule is CC[C@@H](C(=O)NCCN1CCOCC1)N(c1cc([N+](=O)[O-])ccc1OC)S(C)(=O)=O. The van der Waals surface area contributed by atoms with Gasteiger partial charge in [-0.05, 0) is 12.5 Å². The van der Waals surface area contributed by atoms with Gasteiger partial charge < -0.3 is 14.8 Å². The molecule has 0 aliphatic carbocycles. The quantitative estimate of drug-likeness (QED) is 0.410. The fourth-order valence-electron chi connectivity index (χ4n) is 3.28. The maximum atomic E-state index is 12.9. The third-order valence-corrected chi connectivity index (χ3v) is 5.94. The van der Waals surface area contributed by atoms with Crippen LogP contribution in [-0.4, -0.2) is 82.9 Å². The van der Waals surface area contributed by atoms with Crippen LogP contribution in [0, 0.1) is 10.1 Å². The average Bonchev–Trinajstić information content (AvgIpc) is 2.71. The van der Waals surface area contributed by atoms with E-state index in [4.69, 9.17) is 9.47 Å². The van der Waals surface area contributed by atoms with Gasteiger partial charge in [0.1, 0.15) is 17.5 Å². The van der Waals surface area contributed by atoms with E-state index in [1.165, 1.54) is 19.2 Å². The van der Waals surface area contributed by atoms with Gasteiger partial charge in [0, 0.05) is 38.3 Å². The van der Waals surface area contributed by atoms with Crippen molar-refractivity contribution in [1.29, 1.82) is 0 Å². The van der Waals surface area contributed by atoms with E-state index in [-0.39, 0.29) is 23.5 Å². The Morgan fingerprint density at radius 3 is 2.60 bits per heavy atom. The van der Waals surface area contributed by atoms with Crippen molar-refractivity contribution in [1.82, 2.24) is 10.2 Å². The van der Waals surface area contributed by atoms with Gasteiger partial charge in [0.15, 0.2) is 0 Å². The van der Waals surface area contributed by atoms with Gasteiger partial charge in [0.25, 0.3) is 5.69 Å². The number of methoxy groups -OCH3 is 1. The number of carbonyl (C=O) groups excluding carboxylic acids is 1. The number of benzene rings is 1. The van der Waals surface area contributed by atoms with Crippen molar-refractivity contribution in [3.05, 3.63) is 28.3 Å². The molecule has 30 heavy (non-hydrogen) atoms. The Hall–Kier alpha value is -2.44. The minimum Gasteiger partial charge on any atom is -0.495 e. The summed E-state index contributed by atoms with van der Waals surface area (Å²) >= 11 is 0. The standard InChI is InChI=1S/C18H28N4O7S/c1-4-15(18(23)19-7-8-20-9-11-29-12-10-20)21(30(3,26)27)16-13-14(22(24)25)5-6-17(16)28-2/h5-6,13,15H,4,7-12H2,1-3H3,(H,19,23)/t15-/m0/s1. The van der Waals surface area contributed by atoms with Gasteiger partial charge in [-0.15, -0.1) is 0 Å². The highest BCUT2D eigenvalue weighted by molar-refractivity contribution is 7.92. The zero-order valence-electron chi connectivity index (χ0n) is 17.4. The number of non-ortho nitro benzene ring substituents is 1. The molecule has 0 unspecified atom stereocenters. The highest BCUT2D eigenvalue weighted by Crippen LogP contribution is 2.35. The Morgan fingerprint density at radius 2 is 2.07 bits per heavy atom. The summed E-state index contributed by atoms with van der Waals surface area (Å²) in [5.74, 6) is -0.365. The van der Waals surface area contributed by atoms with Gasteiger partial charge in [0.2, 0.25) is 15.9 Å². The third kappa shape index (κ3) is 6.03. The van der Waals surface area contributed by atoms with Crippen LogP contribution in [0.4, 0.5) is 11.4 Å². The smallest absolute Gasteiger partial charge is 0.271 e. The average molecular weight is 445 g/mol. The largest absolute Gasteiger partial charge is 0.495 e. The monoisotopic (exact) mass is 444 g/mol.